The number of anilines is 1. The predicted molar refractivity (Wildman–Crippen MR) is 99.6 cm³/mol. The number of hydrogen-bond acceptors (Lipinski definition) is 4. The van der Waals surface area contributed by atoms with Gasteiger partial charge in [-0.15, -0.1) is 0 Å². The molecule has 26 heavy (non-hydrogen) atoms. The molecule has 0 aliphatic heterocycles. The van der Waals surface area contributed by atoms with Crippen LogP contribution in [0.15, 0.2) is 36.5 Å². The summed E-state index contributed by atoms with van der Waals surface area (Å²) < 4.78 is 12.9. The van der Waals surface area contributed by atoms with Crippen LogP contribution in [0.5, 0.6) is 0 Å². The number of amides is 1. The smallest absolute Gasteiger partial charge is 0.270 e. The van der Waals surface area contributed by atoms with Gasteiger partial charge in [0, 0.05) is 18.8 Å². The zero-order chi connectivity index (χ0) is 18.2. The van der Waals surface area contributed by atoms with Gasteiger partial charge in [0.2, 0.25) is 5.95 Å². The van der Waals surface area contributed by atoms with Crippen molar-refractivity contribution in [3.05, 3.63) is 53.6 Å². The third-order valence-corrected chi connectivity index (χ3v) is 4.69. The lowest BCUT2D eigenvalue weighted by atomic mass is 10.1. The predicted octanol–water partition coefficient (Wildman–Crippen LogP) is 3.72. The van der Waals surface area contributed by atoms with Gasteiger partial charge < -0.3 is 10.6 Å². The third-order valence-electron chi connectivity index (χ3n) is 4.69. The fraction of sp³-hybridized carbons (Fsp3) is 0.450. The average molecular weight is 356 g/mol. The van der Waals surface area contributed by atoms with Crippen LogP contribution in [0, 0.1) is 5.82 Å². The Bertz CT molecular complexity index is 712. The largest absolute Gasteiger partial charge is 0.351 e. The topological polar surface area (TPSA) is 66.9 Å². The first-order chi connectivity index (χ1) is 12.7. The van der Waals surface area contributed by atoms with Gasteiger partial charge in [0.25, 0.3) is 5.91 Å². The van der Waals surface area contributed by atoms with Crippen LogP contribution in [-0.2, 0) is 6.42 Å². The number of carbonyl (C=O) groups is 1. The summed E-state index contributed by atoms with van der Waals surface area (Å²) in [6.07, 6.45) is 9.52. The van der Waals surface area contributed by atoms with Crippen LogP contribution >= 0.6 is 0 Å². The molecule has 0 unspecified atom stereocenters. The summed E-state index contributed by atoms with van der Waals surface area (Å²) in [7, 11) is 0. The summed E-state index contributed by atoms with van der Waals surface area (Å²) in [6.45, 7) is 0.472. The van der Waals surface area contributed by atoms with Gasteiger partial charge in [-0.2, -0.15) is 0 Å². The Hall–Kier alpha value is -2.50. The minimum Gasteiger partial charge on any atom is -0.351 e. The van der Waals surface area contributed by atoms with Crippen molar-refractivity contribution in [2.75, 3.05) is 11.9 Å². The number of aromatic nitrogens is 2. The maximum absolute atomic E-state index is 12.9. The van der Waals surface area contributed by atoms with E-state index in [9.17, 15) is 9.18 Å². The lowest BCUT2D eigenvalue weighted by Crippen LogP contribution is -2.27. The number of benzene rings is 1. The Morgan fingerprint density at radius 2 is 1.81 bits per heavy atom. The number of nitrogens with one attached hydrogen (secondary N) is 2. The molecule has 5 nitrogen and oxygen atoms in total. The normalized spacial score (nSPS) is 15.3. The molecule has 1 fully saturated rings. The molecule has 0 spiro atoms. The van der Waals surface area contributed by atoms with Gasteiger partial charge in [-0.3, -0.25) is 4.79 Å². The number of rotatable bonds is 6. The molecule has 1 saturated carbocycles. The average Bonchev–Trinajstić information content (AvgIpc) is 2.92. The van der Waals surface area contributed by atoms with E-state index in [4.69, 9.17) is 0 Å². The van der Waals surface area contributed by atoms with E-state index in [1.807, 2.05) is 0 Å². The highest BCUT2D eigenvalue weighted by Crippen LogP contribution is 2.19. The lowest BCUT2D eigenvalue weighted by Gasteiger charge is -2.16. The molecule has 1 aromatic carbocycles. The fourth-order valence-electron chi connectivity index (χ4n) is 3.22. The van der Waals surface area contributed by atoms with Crippen LogP contribution in [0.1, 0.15) is 54.6 Å². The molecule has 1 amide bonds. The van der Waals surface area contributed by atoms with Crippen molar-refractivity contribution in [3.63, 3.8) is 0 Å². The van der Waals surface area contributed by atoms with Crippen LogP contribution in [0.25, 0.3) is 0 Å². The van der Waals surface area contributed by atoms with Crippen LogP contribution < -0.4 is 10.6 Å². The van der Waals surface area contributed by atoms with Crippen molar-refractivity contribution in [3.8, 4) is 0 Å². The summed E-state index contributed by atoms with van der Waals surface area (Å²) in [5, 5.41) is 6.22. The Morgan fingerprint density at radius 1 is 1.08 bits per heavy atom. The van der Waals surface area contributed by atoms with Crippen molar-refractivity contribution in [1.29, 1.82) is 0 Å². The lowest BCUT2D eigenvalue weighted by molar-refractivity contribution is 0.0949. The summed E-state index contributed by atoms with van der Waals surface area (Å²) in [4.78, 5) is 20.9. The molecule has 0 radical (unpaired) electrons. The first-order valence-corrected chi connectivity index (χ1v) is 9.33. The van der Waals surface area contributed by atoms with E-state index in [0.717, 1.165) is 18.4 Å². The first kappa shape index (κ1) is 18.3. The Kier molecular flexibility index (Phi) is 6.52. The molecule has 6 heteroatoms. The molecule has 138 valence electrons. The number of halogens is 1. The summed E-state index contributed by atoms with van der Waals surface area (Å²) in [5.74, 6) is 0.0361. The van der Waals surface area contributed by atoms with Crippen molar-refractivity contribution >= 4 is 11.9 Å². The van der Waals surface area contributed by atoms with Crippen molar-refractivity contribution < 1.29 is 9.18 Å². The van der Waals surface area contributed by atoms with Gasteiger partial charge in [0.05, 0.1) is 0 Å². The number of carbonyl (C=O) groups excluding carboxylic acids is 1. The van der Waals surface area contributed by atoms with E-state index in [1.165, 1.54) is 37.8 Å². The zero-order valence-corrected chi connectivity index (χ0v) is 14.9. The second kappa shape index (κ2) is 9.27. The van der Waals surface area contributed by atoms with E-state index in [1.54, 1.807) is 24.4 Å². The Balaban J connectivity index is 1.51. The maximum Gasteiger partial charge on any atom is 0.270 e. The molecule has 3 rings (SSSR count). The molecule has 1 aliphatic rings. The Labute approximate surface area is 153 Å². The molecule has 2 aromatic rings. The van der Waals surface area contributed by atoms with Crippen LogP contribution in [0.2, 0.25) is 0 Å². The zero-order valence-electron chi connectivity index (χ0n) is 14.9. The molecular formula is C20H25FN4O. The summed E-state index contributed by atoms with van der Waals surface area (Å²) >= 11 is 0. The maximum atomic E-state index is 12.9. The molecular weight excluding hydrogens is 331 g/mol. The molecule has 1 aliphatic carbocycles. The molecule has 2 N–H and O–H groups in total. The van der Waals surface area contributed by atoms with Gasteiger partial charge in [0.1, 0.15) is 11.5 Å². The summed E-state index contributed by atoms with van der Waals surface area (Å²) in [6, 6.07) is 8.29. The molecule has 0 atom stereocenters. The Morgan fingerprint density at radius 3 is 2.54 bits per heavy atom. The highest BCUT2D eigenvalue weighted by atomic mass is 19.1. The fourth-order valence-corrected chi connectivity index (χ4v) is 3.22. The molecule has 0 bridgehead atoms. The molecule has 1 aromatic heterocycles. The van der Waals surface area contributed by atoms with Crippen LogP contribution in [0.3, 0.4) is 0 Å². The van der Waals surface area contributed by atoms with Crippen LogP contribution in [-0.4, -0.2) is 28.5 Å². The van der Waals surface area contributed by atoms with Crippen molar-refractivity contribution in [2.24, 2.45) is 0 Å². The number of nitrogens with zero attached hydrogens (tertiary/aromatic N) is 2. The first-order valence-electron chi connectivity index (χ1n) is 9.33. The minimum absolute atomic E-state index is 0.224. The minimum atomic E-state index is -0.257. The van der Waals surface area contributed by atoms with Gasteiger partial charge in [-0.1, -0.05) is 37.8 Å². The van der Waals surface area contributed by atoms with Gasteiger partial charge in [-0.25, -0.2) is 14.4 Å². The SMILES string of the molecule is O=C(NCCc1ccc(F)cc1)c1ccnc(NC2CCCCCC2)n1. The van der Waals surface area contributed by atoms with Gasteiger partial charge >= 0.3 is 0 Å². The second-order valence-corrected chi connectivity index (χ2v) is 6.73. The third kappa shape index (κ3) is 5.51. The quantitative estimate of drug-likeness (QED) is 0.774. The highest BCUT2D eigenvalue weighted by Gasteiger charge is 2.14. The van der Waals surface area contributed by atoms with Gasteiger partial charge in [0.15, 0.2) is 0 Å². The van der Waals surface area contributed by atoms with E-state index in [2.05, 4.69) is 20.6 Å². The number of hydrogen-bond donors (Lipinski definition) is 2. The molecule has 0 saturated heterocycles. The summed E-state index contributed by atoms with van der Waals surface area (Å²) in [5.41, 5.74) is 1.33. The molecule has 1 heterocycles. The van der Waals surface area contributed by atoms with Crippen molar-refractivity contribution in [1.82, 2.24) is 15.3 Å². The monoisotopic (exact) mass is 356 g/mol. The second-order valence-electron chi connectivity index (χ2n) is 6.73. The van der Waals surface area contributed by atoms with E-state index < -0.39 is 0 Å². The van der Waals surface area contributed by atoms with Crippen molar-refractivity contribution in [2.45, 2.75) is 51.0 Å². The van der Waals surface area contributed by atoms with Crippen LogP contribution in [0.4, 0.5) is 10.3 Å². The van der Waals surface area contributed by atoms with E-state index in [0.29, 0.717) is 30.6 Å². The van der Waals surface area contributed by atoms with E-state index in [-0.39, 0.29) is 11.7 Å². The van der Waals surface area contributed by atoms with Gasteiger partial charge in [-0.05, 0) is 43.0 Å². The standard InChI is InChI=1S/C20H25FN4O/c21-16-9-7-15(8-10-16)11-13-22-19(26)18-12-14-23-20(25-18)24-17-5-3-1-2-4-6-17/h7-10,12,14,17H,1-6,11,13H2,(H,22,26)(H,23,24,25). The van der Waals surface area contributed by atoms with E-state index >= 15 is 0 Å². The highest BCUT2D eigenvalue weighted by molar-refractivity contribution is 5.92.